The zero-order valence-corrected chi connectivity index (χ0v) is 11.9. The largest absolute Gasteiger partial charge is 0.455 e. The van der Waals surface area contributed by atoms with E-state index in [9.17, 15) is 13.6 Å². The number of esters is 1. The molecule has 2 heterocycles. The highest BCUT2D eigenvalue weighted by molar-refractivity contribution is 7.13. The van der Waals surface area contributed by atoms with Crippen molar-refractivity contribution in [3.63, 3.8) is 0 Å². The van der Waals surface area contributed by atoms with Crippen LogP contribution in [0, 0.1) is 11.6 Å². The van der Waals surface area contributed by atoms with Crippen LogP contribution in [-0.4, -0.2) is 11.1 Å². The standard InChI is InChI=1S/C15H9F2NO3S/c16-10-4-9(5-11(17)6-10)15(19)20-8-12-7-13(21-18-12)14-2-1-3-22-14/h1-7H,8H2. The van der Waals surface area contributed by atoms with Crippen LogP contribution in [0.2, 0.25) is 0 Å². The van der Waals surface area contributed by atoms with Crippen molar-refractivity contribution in [1.82, 2.24) is 5.16 Å². The Hall–Kier alpha value is -2.54. The first-order valence-corrected chi connectivity index (χ1v) is 7.12. The van der Waals surface area contributed by atoms with Crippen LogP contribution < -0.4 is 0 Å². The molecule has 0 aliphatic heterocycles. The zero-order chi connectivity index (χ0) is 15.5. The minimum atomic E-state index is -0.839. The van der Waals surface area contributed by atoms with Crippen molar-refractivity contribution in [1.29, 1.82) is 0 Å². The fourth-order valence-electron chi connectivity index (χ4n) is 1.81. The van der Waals surface area contributed by atoms with E-state index in [0.29, 0.717) is 17.5 Å². The van der Waals surface area contributed by atoms with Gasteiger partial charge in [-0.3, -0.25) is 0 Å². The molecular weight excluding hydrogens is 312 g/mol. The van der Waals surface area contributed by atoms with Gasteiger partial charge in [0.25, 0.3) is 0 Å². The molecule has 0 atom stereocenters. The lowest BCUT2D eigenvalue weighted by molar-refractivity contribution is 0.0463. The van der Waals surface area contributed by atoms with Gasteiger partial charge in [0.2, 0.25) is 0 Å². The lowest BCUT2D eigenvalue weighted by atomic mass is 10.2. The molecular formula is C15H9F2NO3S. The van der Waals surface area contributed by atoms with Gasteiger partial charge in [-0.15, -0.1) is 11.3 Å². The number of hydrogen-bond donors (Lipinski definition) is 0. The second-order valence-electron chi connectivity index (χ2n) is 4.39. The summed E-state index contributed by atoms with van der Waals surface area (Å²) in [5.41, 5.74) is 0.216. The summed E-state index contributed by atoms with van der Waals surface area (Å²) in [6.45, 7) is -0.147. The molecule has 4 nitrogen and oxygen atoms in total. The molecule has 0 saturated heterocycles. The fourth-order valence-corrected chi connectivity index (χ4v) is 2.48. The molecule has 0 amide bonds. The monoisotopic (exact) mass is 321 g/mol. The van der Waals surface area contributed by atoms with E-state index in [1.165, 1.54) is 11.3 Å². The normalized spacial score (nSPS) is 10.6. The average molecular weight is 321 g/mol. The molecule has 2 aromatic heterocycles. The molecule has 1 aromatic carbocycles. The van der Waals surface area contributed by atoms with Crippen LogP contribution in [0.3, 0.4) is 0 Å². The molecule has 0 spiro atoms. The summed E-state index contributed by atoms with van der Waals surface area (Å²) in [6, 6.07) is 7.89. The Balaban J connectivity index is 1.66. The predicted molar refractivity (Wildman–Crippen MR) is 75.3 cm³/mol. The van der Waals surface area contributed by atoms with Crippen LogP contribution in [0.15, 0.2) is 46.3 Å². The number of carbonyl (C=O) groups is 1. The fraction of sp³-hybridized carbons (Fsp3) is 0.0667. The topological polar surface area (TPSA) is 52.3 Å². The van der Waals surface area contributed by atoms with Crippen molar-refractivity contribution in [3.05, 3.63) is 64.7 Å². The number of carbonyl (C=O) groups excluding carboxylic acids is 1. The maximum absolute atomic E-state index is 13.0. The van der Waals surface area contributed by atoms with Crippen molar-refractivity contribution in [2.45, 2.75) is 6.61 Å². The van der Waals surface area contributed by atoms with Crippen LogP contribution >= 0.6 is 11.3 Å². The molecule has 0 radical (unpaired) electrons. The van der Waals surface area contributed by atoms with Gasteiger partial charge < -0.3 is 9.26 Å². The summed E-state index contributed by atoms with van der Waals surface area (Å²) in [5.74, 6) is -1.95. The van der Waals surface area contributed by atoms with E-state index < -0.39 is 17.6 Å². The van der Waals surface area contributed by atoms with E-state index in [1.54, 1.807) is 6.07 Å². The van der Waals surface area contributed by atoms with Crippen molar-refractivity contribution >= 4 is 17.3 Å². The predicted octanol–water partition coefficient (Wildman–Crippen LogP) is 4.04. The van der Waals surface area contributed by atoms with E-state index in [4.69, 9.17) is 9.26 Å². The van der Waals surface area contributed by atoms with Gasteiger partial charge in [-0.2, -0.15) is 0 Å². The van der Waals surface area contributed by atoms with E-state index in [0.717, 1.165) is 17.0 Å². The van der Waals surface area contributed by atoms with Crippen LogP contribution in [0.25, 0.3) is 10.6 Å². The summed E-state index contributed by atoms with van der Waals surface area (Å²) in [4.78, 5) is 12.6. The van der Waals surface area contributed by atoms with Gasteiger partial charge in [0.15, 0.2) is 5.76 Å². The second-order valence-corrected chi connectivity index (χ2v) is 5.34. The molecule has 0 aliphatic carbocycles. The molecule has 7 heteroatoms. The van der Waals surface area contributed by atoms with Crippen molar-refractivity contribution < 1.29 is 22.8 Å². The Labute approximate surface area is 127 Å². The number of rotatable bonds is 4. The van der Waals surface area contributed by atoms with E-state index in [2.05, 4.69) is 5.16 Å². The van der Waals surface area contributed by atoms with Gasteiger partial charge >= 0.3 is 5.97 Å². The Kier molecular flexibility index (Phi) is 3.97. The van der Waals surface area contributed by atoms with Gasteiger partial charge in [0, 0.05) is 12.1 Å². The molecule has 0 aliphatic rings. The third-order valence-electron chi connectivity index (χ3n) is 2.77. The molecule has 3 aromatic rings. The first-order valence-electron chi connectivity index (χ1n) is 6.24. The maximum atomic E-state index is 13.0. The SMILES string of the molecule is O=C(OCc1cc(-c2cccs2)on1)c1cc(F)cc(F)c1. The molecule has 0 saturated carbocycles. The van der Waals surface area contributed by atoms with Crippen molar-refractivity contribution in [3.8, 4) is 10.6 Å². The molecule has 112 valence electrons. The number of hydrogen-bond acceptors (Lipinski definition) is 5. The second kappa shape index (κ2) is 6.07. The number of benzene rings is 1. The summed E-state index contributed by atoms with van der Waals surface area (Å²) in [7, 11) is 0. The molecule has 0 unspecified atom stereocenters. The van der Waals surface area contributed by atoms with Gasteiger partial charge in [-0.1, -0.05) is 11.2 Å². The van der Waals surface area contributed by atoms with Crippen LogP contribution in [-0.2, 0) is 11.3 Å². The van der Waals surface area contributed by atoms with Gasteiger partial charge in [-0.25, -0.2) is 13.6 Å². The third-order valence-corrected chi connectivity index (χ3v) is 3.66. The maximum Gasteiger partial charge on any atom is 0.338 e. The lowest BCUT2D eigenvalue weighted by Gasteiger charge is -2.02. The summed E-state index contributed by atoms with van der Waals surface area (Å²) >= 11 is 1.49. The Morgan fingerprint density at radius 1 is 1.23 bits per heavy atom. The molecule has 0 fully saturated rings. The van der Waals surface area contributed by atoms with Crippen molar-refractivity contribution in [2.75, 3.05) is 0 Å². The summed E-state index contributed by atoms with van der Waals surface area (Å²) in [5, 5.41) is 5.68. The smallest absolute Gasteiger partial charge is 0.338 e. The summed E-state index contributed by atoms with van der Waals surface area (Å²) in [6.07, 6.45) is 0. The quantitative estimate of drug-likeness (QED) is 0.681. The summed E-state index contributed by atoms with van der Waals surface area (Å²) < 4.78 is 36.2. The number of ether oxygens (including phenoxy) is 1. The number of thiophene rings is 1. The molecule has 22 heavy (non-hydrogen) atoms. The van der Waals surface area contributed by atoms with Crippen LogP contribution in [0.4, 0.5) is 8.78 Å². The van der Waals surface area contributed by atoms with Crippen LogP contribution in [0.5, 0.6) is 0 Å². The van der Waals surface area contributed by atoms with E-state index in [-0.39, 0.29) is 12.2 Å². The lowest BCUT2D eigenvalue weighted by Crippen LogP contribution is -2.06. The van der Waals surface area contributed by atoms with E-state index in [1.807, 2.05) is 17.5 Å². The van der Waals surface area contributed by atoms with E-state index >= 15 is 0 Å². The highest BCUT2D eigenvalue weighted by atomic mass is 32.1. The number of nitrogens with zero attached hydrogens (tertiary/aromatic N) is 1. The zero-order valence-electron chi connectivity index (χ0n) is 11.1. The Morgan fingerprint density at radius 3 is 2.68 bits per heavy atom. The van der Waals surface area contributed by atoms with Gasteiger partial charge in [0.1, 0.15) is 23.9 Å². The van der Waals surface area contributed by atoms with Gasteiger partial charge in [-0.05, 0) is 23.6 Å². The highest BCUT2D eigenvalue weighted by Gasteiger charge is 2.13. The number of aromatic nitrogens is 1. The molecule has 0 bridgehead atoms. The minimum Gasteiger partial charge on any atom is -0.455 e. The first kappa shape index (κ1) is 14.4. The highest BCUT2D eigenvalue weighted by Crippen LogP contribution is 2.25. The average Bonchev–Trinajstić information content (AvgIpc) is 3.14. The Bertz CT molecular complexity index is 779. The first-order chi connectivity index (χ1) is 10.6. The van der Waals surface area contributed by atoms with Crippen LogP contribution in [0.1, 0.15) is 16.1 Å². The third kappa shape index (κ3) is 3.20. The Morgan fingerprint density at radius 2 is 2.00 bits per heavy atom. The minimum absolute atomic E-state index is 0.147. The molecule has 0 N–H and O–H groups in total. The molecule has 3 rings (SSSR count). The van der Waals surface area contributed by atoms with Gasteiger partial charge in [0.05, 0.1) is 10.4 Å². The number of halogens is 2. The van der Waals surface area contributed by atoms with Crippen molar-refractivity contribution in [2.24, 2.45) is 0 Å².